The Balaban J connectivity index is 2.78. The zero-order valence-electron chi connectivity index (χ0n) is 13.0. The Labute approximate surface area is 130 Å². The highest BCUT2D eigenvalue weighted by Crippen LogP contribution is 2.22. The number of amides is 2. The molecule has 7 nitrogen and oxygen atoms in total. The summed E-state index contributed by atoms with van der Waals surface area (Å²) in [6.07, 6.45) is 2.43. The van der Waals surface area contributed by atoms with Crippen LogP contribution in [0.1, 0.15) is 29.6 Å². The quantitative estimate of drug-likeness (QED) is 0.494. The van der Waals surface area contributed by atoms with Gasteiger partial charge in [-0.2, -0.15) is 0 Å². The van der Waals surface area contributed by atoms with Crippen LogP contribution in [0.25, 0.3) is 0 Å². The van der Waals surface area contributed by atoms with Gasteiger partial charge in [0.1, 0.15) is 5.75 Å². The van der Waals surface area contributed by atoms with Crippen LogP contribution in [-0.2, 0) is 4.79 Å². The molecule has 0 aromatic heterocycles. The van der Waals surface area contributed by atoms with Gasteiger partial charge in [0.25, 0.3) is 5.91 Å². The number of rotatable bonds is 9. The lowest BCUT2D eigenvalue weighted by Crippen LogP contribution is -2.38. The molecule has 6 N–H and O–H groups in total. The largest absolute Gasteiger partial charge is 0.496 e. The van der Waals surface area contributed by atoms with Crippen molar-refractivity contribution in [2.45, 2.75) is 25.3 Å². The van der Waals surface area contributed by atoms with Gasteiger partial charge in [-0.1, -0.05) is 6.42 Å². The first-order chi connectivity index (χ1) is 10.5. The second kappa shape index (κ2) is 9.01. The van der Waals surface area contributed by atoms with E-state index in [4.69, 9.17) is 16.2 Å². The van der Waals surface area contributed by atoms with Crippen molar-refractivity contribution in [2.75, 3.05) is 26.0 Å². The maximum Gasteiger partial charge on any atom is 0.252 e. The van der Waals surface area contributed by atoms with Crippen molar-refractivity contribution in [3.05, 3.63) is 23.8 Å². The molecular weight excluding hydrogens is 284 g/mol. The average Bonchev–Trinajstić information content (AvgIpc) is 2.51. The van der Waals surface area contributed by atoms with Crippen molar-refractivity contribution in [2.24, 2.45) is 11.5 Å². The number of carbonyl (C=O) groups excluding carboxylic acids is 2. The van der Waals surface area contributed by atoms with Crippen LogP contribution in [0.15, 0.2) is 18.2 Å². The molecule has 1 aromatic carbocycles. The minimum atomic E-state index is -0.610. The zero-order valence-corrected chi connectivity index (χ0v) is 13.0. The highest BCUT2D eigenvalue weighted by Gasteiger charge is 2.17. The van der Waals surface area contributed by atoms with E-state index in [2.05, 4.69) is 10.6 Å². The molecule has 1 aromatic rings. The van der Waals surface area contributed by atoms with Gasteiger partial charge >= 0.3 is 0 Å². The molecule has 0 saturated carbocycles. The number of unbranched alkanes of at least 4 members (excludes halogenated alkanes) is 1. The molecule has 0 aliphatic heterocycles. The third-order valence-corrected chi connectivity index (χ3v) is 3.34. The maximum atomic E-state index is 12.2. The number of nitrogens with one attached hydrogen (secondary N) is 2. The molecule has 0 unspecified atom stereocenters. The molecule has 0 saturated heterocycles. The van der Waals surface area contributed by atoms with Crippen LogP contribution in [0.4, 0.5) is 5.69 Å². The van der Waals surface area contributed by atoms with E-state index in [1.807, 2.05) is 0 Å². The number of hydrogen-bond donors (Lipinski definition) is 4. The van der Waals surface area contributed by atoms with E-state index in [-0.39, 0.29) is 17.5 Å². The lowest BCUT2D eigenvalue weighted by Gasteiger charge is -2.16. The third kappa shape index (κ3) is 5.01. The van der Waals surface area contributed by atoms with E-state index in [9.17, 15) is 9.59 Å². The number of methoxy groups -OCH3 is 1. The first-order valence-corrected chi connectivity index (χ1v) is 7.19. The van der Waals surface area contributed by atoms with Crippen LogP contribution in [0, 0.1) is 0 Å². The molecule has 0 heterocycles. The number of likely N-dealkylation sites (N-methyl/N-ethyl adjacent to an activating group) is 1. The normalized spacial score (nSPS) is 11.8. The molecule has 0 radical (unpaired) electrons. The Bertz CT molecular complexity index is 520. The van der Waals surface area contributed by atoms with E-state index in [1.54, 1.807) is 19.2 Å². The molecule has 22 heavy (non-hydrogen) atoms. The number of anilines is 1. The van der Waals surface area contributed by atoms with Gasteiger partial charge in [-0.25, -0.2) is 0 Å². The number of hydrogen-bond acceptors (Lipinski definition) is 5. The topological polar surface area (TPSA) is 119 Å². The first-order valence-electron chi connectivity index (χ1n) is 7.19. The molecule has 0 fully saturated rings. The van der Waals surface area contributed by atoms with Crippen LogP contribution in [0.5, 0.6) is 5.75 Å². The van der Waals surface area contributed by atoms with Gasteiger partial charge in [-0.15, -0.1) is 0 Å². The third-order valence-electron chi connectivity index (χ3n) is 3.34. The summed E-state index contributed by atoms with van der Waals surface area (Å²) in [6, 6.07) is 4.45. The number of benzene rings is 1. The number of ether oxygens (including phenoxy) is 1. The van der Waals surface area contributed by atoms with Crippen molar-refractivity contribution < 1.29 is 14.3 Å². The molecule has 1 atom stereocenters. The van der Waals surface area contributed by atoms with E-state index in [0.29, 0.717) is 24.4 Å². The Morgan fingerprint density at radius 1 is 1.32 bits per heavy atom. The van der Waals surface area contributed by atoms with Crippen LogP contribution in [0.2, 0.25) is 0 Å². The lowest BCUT2D eigenvalue weighted by atomic mass is 10.1. The molecule has 0 bridgehead atoms. The predicted octanol–water partition coefficient (Wildman–Crippen LogP) is 0.450. The van der Waals surface area contributed by atoms with Crippen molar-refractivity contribution in [3.63, 3.8) is 0 Å². The van der Waals surface area contributed by atoms with Crippen molar-refractivity contribution in [1.82, 2.24) is 5.32 Å². The molecule has 2 amide bonds. The van der Waals surface area contributed by atoms with Crippen molar-refractivity contribution in [3.8, 4) is 5.75 Å². The number of nitrogens with two attached hydrogens (primary N) is 2. The summed E-state index contributed by atoms with van der Waals surface area (Å²) in [6.45, 7) is 0.610. The minimum absolute atomic E-state index is 0.167. The lowest BCUT2D eigenvalue weighted by molar-refractivity contribution is -0.118. The molecule has 0 spiro atoms. The van der Waals surface area contributed by atoms with Gasteiger partial charge in [0, 0.05) is 5.69 Å². The van der Waals surface area contributed by atoms with E-state index in [0.717, 1.165) is 12.8 Å². The molecule has 0 aliphatic rings. The highest BCUT2D eigenvalue weighted by molar-refractivity contribution is 5.99. The monoisotopic (exact) mass is 308 g/mol. The maximum absolute atomic E-state index is 12.2. The SMILES string of the molecule is CN[C@@H](CCCCN)C(=O)Nc1ccc(OC)c(C(N)=O)c1. The molecule has 0 aliphatic carbocycles. The van der Waals surface area contributed by atoms with E-state index >= 15 is 0 Å². The van der Waals surface area contributed by atoms with Crippen molar-refractivity contribution in [1.29, 1.82) is 0 Å². The van der Waals surface area contributed by atoms with Gasteiger partial charge in [-0.3, -0.25) is 9.59 Å². The van der Waals surface area contributed by atoms with Crippen LogP contribution in [-0.4, -0.2) is 38.6 Å². The fourth-order valence-electron chi connectivity index (χ4n) is 2.11. The Kier molecular flexibility index (Phi) is 7.34. The Morgan fingerprint density at radius 3 is 2.59 bits per heavy atom. The highest BCUT2D eigenvalue weighted by atomic mass is 16.5. The van der Waals surface area contributed by atoms with Gasteiger partial charge in [0.05, 0.1) is 18.7 Å². The second-order valence-electron chi connectivity index (χ2n) is 4.89. The van der Waals surface area contributed by atoms with Crippen molar-refractivity contribution >= 4 is 17.5 Å². The summed E-state index contributed by atoms with van der Waals surface area (Å²) in [7, 11) is 3.18. The Morgan fingerprint density at radius 2 is 2.05 bits per heavy atom. The molecule has 1 rings (SSSR count). The minimum Gasteiger partial charge on any atom is -0.496 e. The molecule has 7 heteroatoms. The standard InChI is InChI=1S/C15H24N4O3/c1-18-12(5-3-4-8-16)15(21)19-10-6-7-13(22-2)11(9-10)14(17)20/h6-7,9,12,18H,3-5,8,16H2,1-2H3,(H2,17,20)(H,19,21)/t12-/m0/s1. The predicted molar refractivity (Wildman–Crippen MR) is 85.9 cm³/mol. The van der Waals surface area contributed by atoms with E-state index in [1.165, 1.54) is 13.2 Å². The fraction of sp³-hybridized carbons (Fsp3) is 0.467. The number of primary amides is 1. The summed E-state index contributed by atoms with van der Waals surface area (Å²) in [5.41, 5.74) is 11.5. The van der Waals surface area contributed by atoms with Gasteiger partial charge in [0.2, 0.25) is 5.91 Å². The zero-order chi connectivity index (χ0) is 16.5. The molecular formula is C15H24N4O3. The van der Waals surface area contributed by atoms with Gasteiger partial charge < -0.3 is 26.8 Å². The van der Waals surface area contributed by atoms with E-state index < -0.39 is 5.91 Å². The second-order valence-corrected chi connectivity index (χ2v) is 4.89. The molecule has 122 valence electrons. The van der Waals surface area contributed by atoms with Gasteiger partial charge in [-0.05, 0) is 44.6 Å². The summed E-state index contributed by atoms with van der Waals surface area (Å²) >= 11 is 0. The summed E-state index contributed by atoms with van der Waals surface area (Å²) in [5, 5.41) is 5.74. The average molecular weight is 308 g/mol. The summed E-state index contributed by atoms with van der Waals surface area (Å²) in [5.74, 6) is -0.403. The fourth-order valence-corrected chi connectivity index (χ4v) is 2.11. The Hall–Kier alpha value is -2.12. The number of carbonyl (C=O) groups is 2. The summed E-state index contributed by atoms with van der Waals surface area (Å²) < 4.78 is 5.06. The van der Waals surface area contributed by atoms with Crippen LogP contribution in [0.3, 0.4) is 0 Å². The van der Waals surface area contributed by atoms with Crippen LogP contribution >= 0.6 is 0 Å². The summed E-state index contributed by atoms with van der Waals surface area (Å²) in [4.78, 5) is 23.6. The first kappa shape index (κ1) is 17.9. The van der Waals surface area contributed by atoms with Crippen LogP contribution < -0.4 is 26.8 Å². The smallest absolute Gasteiger partial charge is 0.252 e. The van der Waals surface area contributed by atoms with Gasteiger partial charge in [0.15, 0.2) is 0 Å².